The molecule has 2 heteroatoms. The number of hydrogen-bond acceptors (Lipinski definition) is 1. The molecule has 0 aromatic carbocycles. The van der Waals surface area contributed by atoms with Gasteiger partial charge in [0.25, 0.3) is 0 Å². The Morgan fingerprint density at radius 2 is 2.20 bits per heavy atom. The summed E-state index contributed by atoms with van der Waals surface area (Å²) in [6.07, 6.45) is 0. The van der Waals surface area contributed by atoms with Crippen molar-refractivity contribution in [3.63, 3.8) is 0 Å². The maximum Gasteiger partial charge on any atom is 0.185 e. The predicted octanol–water partition coefficient (Wildman–Crippen LogP) is 1.49. The molecular formula is C8H9BS. The van der Waals surface area contributed by atoms with Gasteiger partial charge >= 0.3 is 0 Å². The normalized spacial score (nSPS) is 14.4. The topological polar surface area (TPSA) is 0 Å². The van der Waals surface area contributed by atoms with Gasteiger partial charge in [0.15, 0.2) is 7.28 Å². The number of hydrogen-bond donors (Lipinski definition) is 0. The third-order valence-corrected chi connectivity index (χ3v) is 3.35. The number of allylic oxidation sites excluding steroid dienone is 1. The highest BCUT2D eigenvalue weighted by Crippen LogP contribution is 2.23. The van der Waals surface area contributed by atoms with Gasteiger partial charge < -0.3 is 0 Å². The Morgan fingerprint density at radius 1 is 1.40 bits per heavy atom. The zero-order valence-electron chi connectivity index (χ0n) is 6.27. The first kappa shape index (κ1) is 6.23. The monoisotopic (exact) mass is 148 g/mol. The molecule has 0 saturated carbocycles. The molecule has 0 N–H and O–H groups in total. The fraction of sp³-hybridized carbons (Fsp3) is 0.250. The van der Waals surface area contributed by atoms with E-state index in [2.05, 4.69) is 25.2 Å². The first-order valence-electron chi connectivity index (χ1n) is 3.53. The molecule has 1 aromatic rings. The molecule has 2 rings (SSSR count). The third-order valence-electron chi connectivity index (χ3n) is 2.07. The minimum Gasteiger partial charge on any atom is -0.145 e. The zero-order chi connectivity index (χ0) is 7.14. The number of aryl methyl sites for hydroxylation is 1. The van der Waals surface area contributed by atoms with Crippen LogP contribution in [0.15, 0.2) is 11.4 Å². The lowest BCUT2D eigenvalue weighted by Gasteiger charge is -1.90. The van der Waals surface area contributed by atoms with Gasteiger partial charge in [-0.05, 0) is 30.4 Å². The molecule has 1 aromatic heterocycles. The SMILES string of the molecule is CC1=CBc2c(C)csc21. The van der Waals surface area contributed by atoms with Crippen LogP contribution in [-0.2, 0) is 0 Å². The van der Waals surface area contributed by atoms with E-state index in [0.29, 0.717) is 0 Å². The van der Waals surface area contributed by atoms with Crippen LogP contribution in [0.25, 0.3) is 5.57 Å². The van der Waals surface area contributed by atoms with Gasteiger partial charge in [-0.2, -0.15) is 0 Å². The number of rotatable bonds is 0. The molecule has 0 unspecified atom stereocenters. The number of thiophene rings is 1. The van der Waals surface area contributed by atoms with E-state index in [4.69, 9.17) is 0 Å². The summed E-state index contributed by atoms with van der Waals surface area (Å²) in [7, 11) is 1.16. The standard InChI is InChI=1S/C8H9BS/c1-5-3-9-7-6(2)4-10-8(5)7/h3-4,9H,1-2H3. The molecule has 2 heterocycles. The molecule has 0 aliphatic carbocycles. The van der Waals surface area contributed by atoms with Crippen LogP contribution in [0.2, 0.25) is 0 Å². The average molecular weight is 148 g/mol. The quantitative estimate of drug-likeness (QED) is 0.489. The summed E-state index contributed by atoms with van der Waals surface area (Å²) in [6, 6.07) is 0. The smallest absolute Gasteiger partial charge is 0.145 e. The van der Waals surface area contributed by atoms with E-state index in [1.165, 1.54) is 16.0 Å². The molecule has 1 aliphatic heterocycles. The second-order valence-corrected chi connectivity index (χ2v) is 3.70. The molecule has 0 saturated heterocycles. The molecule has 0 spiro atoms. The molecule has 0 nitrogen and oxygen atoms in total. The van der Waals surface area contributed by atoms with E-state index in [0.717, 1.165) is 7.28 Å². The van der Waals surface area contributed by atoms with Gasteiger partial charge in [-0.25, -0.2) is 0 Å². The summed E-state index contributed by atoms with van der Waals surface area (Å²) >= 11 is 1.88. The lowest BCUT2D eigenvalue weighted by Crippen LogP contribution is -2.10. The van der Waals surface area contributed by atoms with Gasteiger partial charge in [-0.3, -0.25) is 0 Å². The summed E-state index contributed by atoms with van der Waals surface area (Å²) in [4.78, 5) is 1.51. The van der Waals surface area contributed by atoms with E-state index < -0.39 is 0 Å². The third kappa shape index (κ3) is 0.687. The summed E-state index contributed by atoms with van der Waals surface area (Å²) in [5, 5.41) is 2.25. The first-order chi connectivity index (χ1) is 4.79. The maximum absolute atomic E-state index is 2.31. The van der Waals surface area contributed by atoms with Crippen molar-refractivity contribution in [1.29, 1.82) is 0 Å². The number of fused-ring (bicyclic) bond motifs is 1. The average Bonchev–Trinajstić information content (AvgIpc) is 2.41. The molecule has 0 bridgehead atoms. The second-order valence-electron chi connectivity index (χ2n) is 2.82. The van der Waals surface area contributed by atoms with Crippen LogP contribution < -0.4 is 5.46 Å². The van der Waals surface area contributed by atoms with Crippen LogP contribution >= 0.6 is 11.3 Å². The van der Waals surface area contributed by atoms with Gasteiger partial charge in [0.2, 0.25) is 0 Å². The van der Waals surface area contributed by atoms with E-state index in [9.17, 15) is 0 Å². The molecule has 50 valence electrons. The highest BCUT2D eigenvalue weighted by molar-refractivity contribution is 7.13. The Balaban J connectivity index is 2.62. The fourth-order valence-electron chi connectivity index (χ4n) is 1.40. The van der Waals surface area contributed by atoms with Crippen molar-refractivity contribution in [2.24, 2.45) is 0 Å². The summed E-state index contributed by atoms with van der Waals surface area (Å²) < 4.78 is 0. The van der Waals surface area contributed by atoms with Gasteiger partial charge in [-0.1, -0.05) is 5.46 Å². The van der Waals surface area contributed by atoms with Crippen molar-refractivity contribution in [2.75, 3.05) is 0 Å². The van der Waals surface area contributed by atoms with Gasteiger partial charge in [-0.15, -0.1) is 17.3 Å². The van der Waals surface area contributed by atoms with E-state index >= 15 is 0 Å². The van der Waals surface area contributed by atoms with Crippen molar-refractivity contribution in [3.8, 4) is 0 Å². The van der Waals surface area contributed by atoms with Gasteiger partial charge in [0.05, 0.1) is 0 Å². The lowest BCUT2D eigenvalue weighted by molar-refractivity contribution is 1.59. The summed E-state index contributed by atoms with van der Waals surface area (Å²) in [5.41, 5.74) is 4.49. The van der Waals surface area contributed by atoms with Crippen LogP contribution in [-0.4, -0.2) is 7.28 Å². The zero-order valence-corrected chi connectivity index (χ0v) is 7.09. The Hall–Kier alpha value is -0.495. The highest BCUT2D eigenvalue weighted by Gasteiger charge is 2.14. The van der Waals surface area contributed by atoms with Crippen LogP contribution in [0.3, 0.4) is 0 Å². The highest BCUT2D eigenvalue weighted by atomic mass is 32.1. The van der Waals surface area contributed by atoms with Crippen LogP contribution in [0, 0.1) is 6.92 Å². The van der Waals surface area contributed by atoms with Crippen molar-refractivity contribution in [1.82, 2.24) is 0 Å². The van der Waals surface area contributed by atoms with E-state index in [1.807, 2.05) is 11.3 Å². The van der Waals surface area contributed by atoms with E-state index in [1.54, 1.807) is 5.46 Å². The molecule has 0 fully saturated rings. The van der Waals surface area contributed by atoms with Gasteiger partial charge in [0, 0.05) is 4.88 Å². The Bertz CT molecular complexity index is 296. The fourth-order valence-corrected chi connectivity index (χ4v) is 2.49. The second kappa shape index (κ2) is 1.99. The van der Waals surface area contributed by atoms with Gasteiger partial charge in [0.1, 0.15) is 0 Å². The van der Waals surface area contributed by atoms with Crippen LogP contribution in [0.1, 0.15) is 17.4 Å². The minimum atomic E-state index is 1.16. The van der Waals surface area contributed by atoms with Crippen LogP contribution in [0.4, 0.5) is 0 Å². The van der Waals surface area contributed by atoms with Crippen molar-refractivity contribution >= 4 is 29.7 Å². The first-order valence-corrected chi connectivity index (χ1v) is 4.41. The molecule has 1 aliphatic rings. The Morgan fingerprint density at radius 3 is 2.90 bits per heavy atom. The molecule has 10 heavy (non-hydrogen) atoms. The lowest BCUT2D eigenvalue weighted by atomic mass is 9.73. The summed E-state index contributed by atoms with van der Waals surface area (Å²) in [6.45, 7) is 4.39. The molecule has 0 amide bonds. The van der Waals surface area contributed by atoms with E-state index in [-0.39, 0.29) is 0 Å². The summed E-state index contributed by atoms with van der Waals surface area (Å²) in [5.74, 6) is 2.31. The van der Waals surface area contributed by atoms with Crippen molar-refractivity contribution in [2.45, 2.75) is 13.8 Å². The molecule has 0 atom stereocenters. The molecule has 0 radical (unpaired) electrons. The Labute approximate surface area is 65.8 Å². The maximum atomic E-state index is 2.31. The van der Waals surface area contributed by atoms with Crippen molar-refractivity contribution < 1.29 is 0 Å². The Kier molecular flexibility index (Phi) is 1.24. The van der Waals surface area contributed by atoms with Crippen LogP contribution in [0.5, 0.6) is 0 Å². The largest absolute Gasteiger partial charge is 0.185 e. The van der Waals surface area contributed by atoms with Crippen molar-refractivity contribution in [3.05, 3.63) is 21.8 Å². The minimum absolute atomic E-state index is 1.16. The molecular weight excluding hydrogens is 139 g/mol. The predicted molar refractivity (Wildman–Crippen MR) is 49.5 cm³/mol.